The fourth-order valence-corrected chi connectivity index (χ4v) is 4.54. The van der Waals surface area contributed by atoms with Gasteiger partial charge in [-0.1, -0.05) is 48.0 Å². The van der Waals surface area contributed by atoms with E-state index < -0.39 is 0 Å². The average molecular weight is 422 g/mol. The van der Waals surface area contributed by atoms with E-state index in [0.29, 0.717) is 0 Å². The molecule has 0 atom stereocenters. The van der Waals surface area contributed by atoms with Crippen molar-refractivity contribution in [2.24, 2.45) is 0 Å². The first kappa shape index (κ1) is 22.0. The molecule has 0 spiro atoms. The maximum absolute atomic E-state index is 9.13. The highest BCUT2D eigenvalue weighted by Gasteiger charge is 2.19. The number of fused-ring (bicyclic) bond motifs is 1. The fraction of sp³-hybridized carbons (Fsp3) is 0.462. The third-order valence-electron chi connectivity index (χ3n) is 6.16. The molecule has 5 heteroatoms. The molecule has 2 aromatic carbocycles. The van der Waals surface area contributed by atoms with Crippen LogP contribution in [0.4, 0.5) is 0 Å². The highest BCUT2D eigenvalue weighted by molar-refractivity contribution is 5.52. The van der Waals surface area contributed by atoms with Gasteiger partial charge in [0, 0.05) is 64.5 Å². The number of hydrogen-bond donors (Lipinski definition) is 1. The molecular weight excluding hydrogens is 386 g/mol. The van der Waals surface area contributed by atoms with Crippen LogP contribution in [-0.2, 0) is 13.1 Å². The zero-order valence-electron chi connectivity index (χ0n) is 18.7. The van der Waals surface area contributed by atoms with Gasteiger partial charge in [-0.25, -0.2) is 0 Å². The number of rotatable bonds is 7. The van der Waals surface area contributed by atoms with Crippen LogP contribution in [0.1, 0.15) is 23.6 Å². The Morgan fingerprint density at radius 2 is 1.74 bits per heavy atom. The maximum Gasteiger partial charge on any atom is 0.123 e. The highest BCUT2D eigenvalue weighted by Crippen LogP contribution is 2.26. The predicted octanol–water partition coefficient (Wildman–Crippen LogP) is 3.09. The van der Waals surface area contributed by atoms with Crippen LogP contribution in [0.2, 0.25) is 0 Å². The number of nitrogens with zero attached hydrogens (tertiary/aromatic N) is 3. The Bertz CT molecular complexity index is 860. The minimum atomic E-state index is 0.251. The SMILES string of the molecule is CC(=Cc1ccccc1)CN1CCOc2ccc(CN3CCN(CCO)CC3)cc2C1. The van der Waals surface area contributed by atoms with Crippen LogP contribution >= 0.6 is 0 Å². The van der Waals surface area contributed by atoms with Crippen LogP contribution in [0.3, 0.4) is 0 Å². The molecule has 2 heterocycles. The van der Waals surface area contributed by atoms with Crippen molar-refractivity contribution in [1.29, 1.82) is 0 Å². The summed E-state index contributed by atoms with van der Waals surface area (Å²) in [5.74, 6) is 1.03. The average Bonchev–Trinajstić information content (AvgIpc) is 2.97. The summed E-state index contributed by atoms with van der Waals surface area (Å²) < 4.78 is 6.06. The molecule has 2 aliphatic rings. The summed E-state index contributed by atoms with van der Waals surface area (Å²) in [5.41, 5.74) is 5.28. The van der Waals surface area contributed by atoms with E-state index in [-0.39, 0.29) is 6.61 Å². The minimum absolute atomic E-state index is 0.251. The van der Waals surface area contributed by atoms with Crippen molar-refractivity contribution >= 4 is 6.08 Å². The van der Waals surface area contributed by atoms with Crippen molar-refractivity contribution in [3.8, 4) is 5.75 Å². The van der Waals surface area contributed by atoms with Crippen LogP contribution in [0.25, 0.3) is 6.08 Å². The van der Waals surface area contributed by atoms with E-state index in [2.05, 4.69) is 76.2 Å². The van der Waals surface area contributed by atoms with Gasteiger partial charge in [-0.2, -0.15) is 0 Å². The zero-order valence-corrected chi connectivity index (χ0v) is 18.7. The van der Waals surface area contributed by atoms with Gasteiger partial charge < -0.3 is 9.84 Å². The molecule has 0 amide bonds. The van der Waals surface area contributed by atoms with Crippen molar-refractivity contribution in [3.63, 3.8) is 0 Å². The molecule has 31 heavy (non-hydrogen) atoms. The lowest BCUT2D eigenvalue weighted by atomic mass is 10.1. The Balaban J connectivity index is 1.37. The van der Waals surface area contributed by atoms with Crippen molar-refractivity contribution in [3.05, 3.63) is 70.8 Å². The summed E-state index contributed by atoms with van der Waals surface area (Å²) >= 11 is 0. The fourth-order valence-electron chi connectivity index (χ4n) is 4.54. The standard InChI is InChI=1S/C26H35N3O2/c1-22(17-23-5-3-2-4-6-23)19-29-14-16-31-26-8-7-24(18-25(26)21-29)20-28-11-9-27(10-12-28)13-15-30/h2-8,17-18,30H,9-16,19-21H2,1H3. The van der Waals surface area contributed by atoms with Gasteiger partial charge in [0.05, 0.1) is 6.61 Å². The second kappa shape index (κ2) is 10.9. The number of benzene rings is 2. The summed E-state index contributed by atoms with van der Waals surface area (Å²) in [5, 5.41) is 9.13. The number of aliphatic hydroxyl groups excluding tert-OH is 1. The molecule has 4 rings (SSSR count). The van der Waals surface area contributed by atoms with Gasteiger partial charge in [0.15, 0.2) is 0 Å². The highest BCUT2D eigenvalue weighted by atomic mass is 16.5. The van der Waals surface area contributed by atoms with Crippen LogP contribution in [-0.4, -0.2) is 78.8 Å². The van der Waals surface area contributed by atoms with Crippen molar-refractivity contribution in [1.82, 2.24) is 14.7 Å². The molecule has 0 bridgehead atoms. The second-order valence-electron chi connectivity index (χ2n) is 8.74. The molecule has 5 nitrogen and oxygen atoms in total. The molecule has 2 aromatic rings. The molecule has 166 valence electrons. The number of aliphatic hydroxyl groups is 1. The van der Waals surface area contributed by atoms with Crippen LogP contribution < -0.4 is 4.74 Å². The Labute approximate surface area is 186 Å². The smallest absolute Gasteiger partial charge is 0.123 e. The summed E-state index contributed by atoms with van der Waals surface area (Å²) in [4.78, 5) is 7.33. The Morgan fingerprint density at radius 3 is 2.52 bits per heavy atom. The largest absolute Gasteiger partial charge is 0.492 e. The summed E-state index contributed by atoms with van der Waals surface area (Å²) in [6.07, 6.45) is 2.28. The first-order chi connectivity index (χ1) is 15.2. The minimum Gasteiger partial charge on any atom is -0.492 e. The third-order valence-corrected chi connectivity index (χ3v) is 6.16. The van der Waals surface area contributed by atoms with Gasteiger partial charge >= 0.3 is 0 Å². The Hall–Kier alpha value is -2.18. The molecule has 0 saturated carbocycles. The Morgan fingerprint density at radius 1 is 0.968 bits per heavy atom. The van der Waals surface area contributed by atoms with Crippen LogP contribution in [0.5, 0.6) is 5.75 Å². The summed E-state index contributed by atoms with van der Waals surface area (Å²) in [6.45, 7) is 12.0. The van der Waals surface area contributed by atoms with Gasteiger partial charge in [0.2, 0.25) is 0 Å². The number of β-amino-alcohol motifs (C(OH)–C–C–N with tert-alkyl or cyclic N) is 1. The topological polar surface area (TPSA) is 39.2 Å². The Kier molecular flexibility index (Phi) is 7.76. The summed E-state index contributed by atoms with van der Waals surface area (Å²) in [7, 11) is 0. The van der Waals surface area contributed by atoms with Gasteiger partial charge in [0.25, 0.3) is 0 Å². The lowest BCUT2D eigenvalue weighted by Crippen LogP contribution is -2.46. The molecule has 2 aliphatic heterocycles. The van der Waals surface area contributed by atoms with Gasteiger partial charge in [-0.05, 0) is 30.2 Å². The van der Waals surface area contributed by atoms with E-state index in [1.807, 2.05) is 0 Å². The van der Waals surface area contributed by atoms with Crippen molar-refractivity contribution in [2.75, 3.05) is 59.0 Å². The second-order valence-corrected chi connectivity index (χ2v) is 8.74. The molecule has 0 aromatic heterocycles. The molecule has 0 unspecified atom stereocenters. The van der Waals surface area contributed by atoms with Gasteiger partial charge in [-0.3, -0.25) is 14.7 Å². The lowest BCUT2D eigenvalue weighted by Gasteiger charge is -2.34. The molecule has 1 fully saturated rings. The molecule has 0 aliphatic carbocycles. The monoisotopic (exact) mass is 421 g/mol. The van der Waals surface area contributed by atoms with E-state index in [1.165, 1.54) is 22.3 Å². The first-order valence-corrected chi connectivity index (χ1v) is 11.4. The van der Waals surface area contributed by atoms with Gasteiger partial charge in [0.1, 0.15) is 12.4 Å². The quantitative estimate of drug-likeness (QED) is 0.744. The van der Waals surface area contributed by atoms with E-state index in [1.54, 1.807) is 0 Å². The molecular formula is C26H35N3O2. The first-order valence-electron chi connectivity index (χ1n) is 11.4. The molecule has 1 N–H and O–H groups in total. The normalized spacial score (nSPS) is 19.0. The van der Waals surface area contributed by atoms with Crippen molar-refractivity contribution < 1.29 is 9.84 Å². The van der Waals surface area contributed by atoms with Crippen LogP contribution in [0, 0.1) is 0 Å². The maximum atomic E-state index is 9.13. The third kappa shape index (κ3) is 6.40. The number of ether oxygens (including phenoxy) is 1. The van der Waals surface area contributed by atoms with Crippen LogP contribution in [0.15, 0.2) is 54.1 Å². The zero-order chi connectivity index (χ0) is 21.5. The number of piperazine rings is 1. The molecule has 1 saturated heterocycles. The number of hydrogen-bond acceptors (Lipinski definition) is 5. The van der Waals surface area contributed by atoms with E-state index >= 15 is 0 Å². The predicted molar refractivity (Wildman–Crippen MR) is 126 cm³/mol. The van der Waals surface area contributed by atoms with E-state index in [0.717, 1.165) is 71.3 Å². The summed E-state index contributed by atoms with van der Waals surface area (Å²) in [6, 6.07) is 17.2. The van der Waals surface area contributed by atoms with E-state index in [4.69, 9.17) is 9.84 Å². The molecule has 0 radical (unpaired) electrons. The van der Waals surface area contributed by atoms with Crippen molar-refractivity contribution in [2.45, 2.75) is 20.0 Å². The van der Waals surface area contributed by atoms with Gasteiger partial charge in [-0.15, -0.1) is 0 Å². The van der Waals surface area contributed by atoms with E-state index in [9.17, 15) is 0 Å². The lowest BCUT2D eigenvalue weighted by molar-refractivity contribution is 0.108.